The van der Waals surface area contributed by atoms with Crippen LogP contribution in [0.2, 0.25) is 0 Å². The van der Waals surface area contributed by atoms with Crippen molar-refractivity contribution in [1.82, 2.24) is 19.2 Å². The molecule has 144 valence electrons. The second-order valence-corrected chi connectivity index (χ2v) is 9.68. The normalized spacial score (nSPS) is 23.0. The molecule has 0 spiro atoms. The van der Waals surface area contributed by atoms with Gasteiger partial charge >= 0.3 is 6.01 Å². The highest BCUT2D eigenvalue weighted by molar-refractivity contribution is 9.10. The minimum atomic E-state index is -3.18. The lowest BCUT2D eigenvalue weighted by Gasteiger charge is -2.37. The summed E-state index contributed by atoms with van der Waals surface area (Å²) in [6.07, 6.45) is 7.22. The minimum absolute atomic E-state index is 0.100. The molecule has 8 nitrogen and oxygen atoms in total. The van der Waals surface area contributed by atoms with Crippen LogP contribution < -0.4 is 4.74 Å². The molecule has 2 aliphatic rings. The van der Waals surface area contributed by atoms with Crippen molar-refractivity contribution in [2.24, 2.45) is 5.92 Å². The summed E-state index contributed by atoms with van der Waals surface area (Å²) < 4.78 is 31.2. The zero-order valence-corrected chi connectivity index (χ0v) is 17.1. The molecule has 0 radical (unpaired) electrons. The molecule has 10 heteroatoms. The fraction of sp³-hybridized carbons (Fsp3) is 0.688. The van der Waals surface area contributed by atoms with Crippen LogP contribution in [-0.4, -0.2) is 72.0 Å². The molecular weight excluding hydrogens is 424 g/mol. The molecule has 1 aromatic heterocycles. The number of carbonyl (C=O) groups is 1. The number of likely N-dealkylation sites (tertiary alicyclic amines) is 1. The first-order valence-corrected chi connectivity index (χ1v) is 11.3. The average Bonchev–Trinajstić information content (AvgIpc) is 2.63. The first kappa shape index (κ1) is 19.5. The van der Waals surface area contributed by atoms with E-state index >= 15 is 0 Å². The van der Waals surface area contributed by atoms with Crippen LogP contribution in [0.4, 0.5) is 0 Å². The molecule has 2 saturated heterocycles. The minimum Gasteiger partial charge on any atom is -0.458 e. The molecule has 0 saturated carbocycles. The van der Waals surface area contributed by atoms with Crippen LogP contribution in [0.1, 0.15) is 25.7 Å². The van der Waals surface area contributed by atoms with Gasteiger partial charge in [0.1, 0.15) is 6.10 Å². The maximum Gasteiger partial charge on any atom is 0.316 e. The Morgan fingerprint density at radius 3 is 2.46 bits per heavy atom. The van der Waals surface area contributed by atoms with Gasteiger partial charge in [-0.25, -0.2) is 22.7 Å². The number of ether oxygens (including phenoxy) is 1. The summed E-state index contributed by atoms with van der Waals surface area (Å²) in [6, 6.07) is 0.314. The molecule has 26 heavy (non-hydrogen) atoms. The Morgan fingerprint density at radius 2 is 1.85 bits per heavy atom. The number of amides is 1. The van der Waals surface area contributed by atoms with Crippen LogP contribution >= 0.6 is 15.9 Å². The summed E-state index contributed by atoms with van der Waals surface area (Å²) in [7, 11) is -3.18. The Morgan fingerprint density at radius 1 is 1.19 bits per heavy atom. The van der Waals surface area contributed by atoms with Crippen molar-refractivity contribution in [3.8, 4) is 6.01 Å². The molecule has 0 bridgehead atoms. The van der Waals surface area contributed by atoms with E-state index in [0.29, 0.717) is 45.0 Å². The van der Waals surface area contributed by atoms with E-state index in [2.05, 4.69) is 25.9 Å². The molecule has 1 aromatic rings. The van der Waals surface area contributed by atoms with Gasteiger partial charge in [-0.1, -0.05) is 0 Å². The maximum atomic E-state index is 12.8. The topological polar surface area (TPSA) is 92.7 Å². The summed E-state index contributed by atoms with van der Waals surface area (Å²) in [5.41, 5.74) is 0. The predicted molar refractivity (Wildman–Crippen MR) is 99.1 cm³/mol. The van der Waals surface area contributed by atoms with Gasteiger partial charge in [0.15, 0.2) is 0 Å². The predicted octanol–water partition coefficient (Wildman–Crippen LogP) is 1.28. The van der Waals surface area contributed by atoms with Crippen LogP contribution in [0.5, 0.6) is 6.01 Å². The highest BCUT2D eigenvalue weighted by Gasteiger charge is 2.33. The number of halogens is 1. The first-order chi connectivity index (χ1) is 12.3. The highest BCUT2D eigenvalue weighted by atomic mass is 79.9. The van der Waals surface area contributed by atoms with Crippen molar-refractivity contribution in [3.05, 3.63) is 16.9 Å². The summed E-state index contributed by atoms with van der Waals surface area (Å²) >= 11 is 3.29. The van der Waals surface area contributed by atoms with Crippen molar-refractivity contribution in [3.63, 3.8) is 0 Å². The van der Waals surface area contributed by atoms with Gasteiger partial charge in [-0.15, -0.1) is 0 Å². The van der Waals surface area contributed by atoms with Crippen LogP contribution in [0.15, 0.2) is 16.9 Å². The third-order valence-electron chi connectivity index (χ3n) is 4.83. The Labute approximate surface area is 162 Å². The lowest BCUT2D eigenvalue weighted by molar-refractivity contribution is -0.139. The fourth-order valence-corrected chi connectivity index (χ4v) is 4.52. The summed E-state index contributed by atoms with van der Waals surface area (Å²) in [5.74, 6) is -0.0149. The molecule has 0 N–H and O–H groups in total. The van der Waals surface area contributed by atoms with E-state index in [1.807, 2.05) is 4.90 Å². The van der Waals surface area contributed by atoms with Gasteiger partial charge in [-0.05, 0) is 41.6 Å². The molecule has 0 unspecified atom stereocenters. The van der Waals surface area contributed by atoms with Crippen LogP contribution in [0.25, 0.3) is 0 Å². The molecule has 2 aliphatic heterocycles. The molecule has 0 aromatic carbocycles. The van der Waals surface area contributed by atoms with E-state index in [-0.39, 0.29) is 17.9 Å². The Balaban J connectivity index is 1.54. The third kappa shape index (κ3) is 4.92. The molecule has 0 aliphatic carbocycles. The Kier molecular flexibility index (Phi) is 6.13. The SMILES string of the molecule is CS(=O)(=O)N1CCC(C(=O)N2CCC[C@H](Oc3ncc(Br)cn3)C2)CC1. The number of sulfonamides is 1. The fourth-order valence-electron chi connectivity index (χ4n) is 3.44. The zero-order chi connectivity index (χ0) is 18.7. The molecule has 1 atom stereocenters. The van der Waals surface area contributed by atoms with Gasteiger partial charge < -0.3 is 9.64 Å². The zero-order valence-electron chi connectivity index (χ0n) is 14.7. The average molecular weight is 447 g/mol. The lowest BCUT2D eigenvalue weighted by atomic mass is 9.95. The standard InChI is InChI=1S/C16H23BrN4O4S/c1-26(23,24)21-7-4-12(5-8-21)15(22)20-6-2-3-14(11-20)25-16-18-9-13(17)10-19-16/h9-10,12,14H,2-8,11H2,1H3/t14-/m0/s1. The van der Waals surface area contributed by atoms with Crippen LogP contribution in [0, 0.1) is 5.92 Å². The smallest absolute Gasteiger partial charge is 0.316 e. The third-order valence-corrected chi connectivity index (χ3v) is 6.54. The van der Waals surface area contributed by atoms with Gasteiger partial charge in [0.2, 0.25) is 15.9 Å². The van der Waals surface area contributed by atoms with Gasteiger partial charge in [0, 0.05) is 37.9 Å². The Hall–Kier alpha value is -1.26. The number of rotatable bonds is 4. The van der Waals surface area contributed by atoms with Crippen LogP contribution in [-0.2, 0) is 14.8 Å². The van der Waals surface area contributed by atoms with E-state index in [4.69, 9.17) is 4.74 Å². The maximum absolute atomic E-state index is 12.8. The monoisotopic (exact) mass is 446 g/mol. The lowest BCUT2D eigenvalue weighted by Crippen LogP contribution is -2.49. The number of nitrogens with zero attached hydrogens (tertiary/aromatic N) is 4. The van der Waals surface area contributed by atoms with Gasteiger partial charge in [-0.3, -0.25) is 4.79 Å². The molecule has 3 heterocycles. The van der Waals surface area contributed by atoms with Crippen molar-refractivity contribution in [2.45, 2.75) is 31.8 Å². The second-order valence-electron chi connectivity index (χ2n) is 6.79. The van der Waals surface area contributed by atoms with E-state index in [9.17, 15) is 13.2 Å². The summed E-state index contributed by atoms with van der Waals surface area (Å²) in [5, 5.41) is 0. The molecule has 1 amide bonds. The first-order valence-electron chi connectivity index (χ1n) is 8.71. The van der Waals surface area contributed by atoms with E-state index in [1.54, 1.807) is 12.4 Å². The van der Waals surface area contributed by atoms with Crippen molar-refractivity contribution >= 4 is 31.9 Å². The number of aromatic nitrogens is 2. The highest BCUT2D eigenvalue weighted by Crippen LogP contribution is 2.24. The van der Waals surface area contributed by atoms with E-state index < -0.39 is 10.0 Å². The Bertz CT molecular complexity index is 735. The summed E-state index contributed by atoms with van der Waals surface area (Å²) in [6.45, 7) is 2.06. The van der Waals surface area contributed by atoms with Gasteiger partial charge in [0.05, 0.1) is 17.3 Å². The van der Waals surface area contributed by atoms with Crippen molar-refractivity contribution < 1.29 is 17.9 Å². The molecular formula is C16H23BrN4O4S. The van der Waals surface area contributed by atoms with Crippen molar-refractivity contribution in [1.29, 1.82) is 0 Å². The van der Waals surface area contributed by atoms with Gasteiger partial charge in [0.25, 0.3) is 0 Å². The van der Waals surface area contributed by atoms with Crippen LogP contribution in [0.3, 0.4) is 0 Å². The number of hydrogen-bond donors (Lipinski definition) is 0. The second kappa shape index (κ2) is 8.18. The number of hydrogen-bond acceptors (Lipinski definition) is 6. The molecule has 3 rings (SSSR count). The van der Waals surface area contributed by atoms with E-state index in [1.165, 1.54) is 10.6 Å². The number of carbonyl (C=O) groups excluding carboxylic acids is 1. The molecule has 2 fully saturated rings. The largest absolute Gasteiger partial charge is 0.458 e. The van der Waals surface area contributed by atoms with Gasteiger partial charge in [-0.2, -0.15) is 0 Å². The van der Waals surface area contributed by atoms with Crippen molar-refractivity contribution in [2.75, 3.05) is 32.4 Å². The van der Waals surface area contributed by atoms with E-state index in [0.717, 1.165) is 17.3 Å². The quantitative estimate of drug-likeness (QED) is 0.691. The summed E-state index contributed by atoms with van der Waals surface area (Å²) in [4.78, 5) is 22.9. The number of piperidine rings is 2.